The summed E-state index contributed by atoms with van der Waals surface area (Å²) in [5.41, 5.74) is 7.66. The second-order valence-electron chi connectivity index (χ2n) is 5.55. The normalized spacial score (nSPS) is 17.6. The molecule has 1 aliphatic carbocycles. The fourth-order valence-corrected chi connectivity index (χ4v) is 2.68. The van der Waals surface area contributed by atoms with Crippen LogP contribution in [0.4, 0.5) is 0 Å². The van der Waals surface area contributed by atoms with Crippen molar-refractivity contribution in [1.29, 1.82) is 0 Å². The maximum absolute atomic E-state index is 11.5. The minimum Gasteiger partial charge on any atom is -0.468 e. The van der Waals surface area contributed by atoms with Crippen molar-refractivity contribution in [3.8, 4) is 0 Å². The van der Waals surface area contributed by atoms with Crippen LogP contribution >= 0.6 is 0 Å². The monoisotopic (exact) mass is 265 g/mol. The molecule has 19 heavy (non-hydrogen) atoms. The first-order valence-electron chi connectivity index (χ1n) is 6.95. The third-order valence-corrected chi connectivity index (χ3v) is 3.86. The molecular formula is C14H23N3O2. The molecule has 0 radical (unpaired) electrons. The predicted molar refractivity (Wildman–Crippen MR) is 72.7 cm³/mol. The van der Waals surface area contributed by atoms with Crippen molar-refractivity contribution in [2.24, 2.45) is 5.73 Å². The van der Waals surface area contributed by atoms with Gasteiger partial charge in [0.1, 0.15) is 5.54 Å². The van der Waals surface area contributed by atoms with Gasteiger partial charge in [0, 0.05) is 12.2 Å². The summed E-state index contributed by atoms with van der Waals surface area (Å²) in [6.07, 6.45) is 8.09. The van der Waals surface area contributed by atoms with E-state index in [1.807, 2.05) is 6.33 Å². The Morgan fingerprint density at radius 2 is 2.26 bits per heavy atom. The molecule has 2 N–H and O–H groups in total. The molecule has 1 aromatic heterocycles. The fourth-order valence-electron chi connectivity index (χ4n) is 2.68. The first kappa shape index (κ1) is 14.1. The molecule has 0 saturated carbocycles. The smallest absolute Gasteiger partial charge is 0.325 e. The van der Waals surface area contributed by atoms with Gasteiger partial charge in [-0.25, -0.2) is 4.98 Å². The number of esters is 1. The molecule has 0 fully saturated rings. The van der Waals surface area contributed by atoms with Gasteiger partial charge in [-0.2, -0.15) is 0 Å². The highest BCUT2D eigenvalue weighted by Crippen LogP contribution is 2.21. The standard InChI is InChI=1S/C14H23N3O2/c1-14(15,13(18)19-2)8-5-9-17-10-16-11-6-3-4-7-12(11)17/h10H,3-9,15H2,1-2H3. The quantitative estimate of drug-likeness (QED) is 0.818. The van der Waals surface area contributed by atoms with Gasteiger partial charge in [-0.05, 0) is 45.4 Å². The number of carbonyl (C=O) groups is 1. The first-order valence-corrected chi connectivity index (χ1v) is 6.95. The van der Waals surface area contributed by atoms with Crippen LogP contribution in [-0.2, 0) is 28.9 Å². The number of aromatic nitrogens is 2. The zero-order valence-corrected chi connectivity index (χ0v) is 11.8. The van der Waals surface area contributed by atoms with Gasteiger partial charge in [0.25, 0.3) is 0 Å². The summed E-state index contributed by atoms with van der Waals surface area (Å²) in [4.78, 5) is 16.0. The van der Waals surface area contributed by atoms with Crippen LogP contribution in [0.5, 0.6) is 0 Å². The molecule has 0 aliphatic heterocycles. The zero-order chi connectivity index (χ0) is 13.9. The number of imidazole rings is 1. The molecule has 0 bridgehead atoms. The van der Waals surface area contributed by atoms with Gasteiger partial charge in [0.05, 0.1) is 19.1 Å². The third kappa shape index (κ3) is 3.15. The second kappa shape index (κ2) is 5.74. The number of ether oxygens (including phenoxy) is 1. The molecule has 0 spiro atoms. The van der Waals surface area contributed by atoms with Crippen molar-refractivity contribution < 1.29 is 9.53 Å². The Labute approximate surface area is 114 Å². The molecule has 5 nitrogen and oxygen atoms in total. The summed E-state index contributed by atoms with van der Waals surface area (Å²) in [6, 6.07) is 0. The fraction of sp³-hybridized carbons (Fsp3) is 0.714. The number of rotatable bonds is 5. The van der Waals surface area contributed by atoms with Gasteiger partial charge in [-0.1, -0.05) is 0 Å². The largest absolute Gasteiger partial charge is 0.468 e. The molecular weight excluding hydrogens is 242 g/mol. The molecule has 1 aliphatic rings. The first-order chi connectivity index (χ1) is 9.04. The number of hydrogen-bond donors (Lipinski definition) is 1. The van der Waals surface area contributed by atoms with E-state index in [0.717, 1.165) is 25.8 Å². The Bertz CT molecular complexity index is 452. The van der Waals surface area contributed by atoms with Gasteiger partial charge in [0.2, 0.25) is 0 Å². The topological polar surface area (TPSA) is 70.1 Å². The van der Waals surface area contributed by atoms with Gasteiger partial charge in [-0.15, -0.1) is 0 Å². The van der Waals surface area contributed by atoms with Crippen molar-refractivity contribution in [3.05, 3.63) is 17.7 Å². The Balaban J connectivity index is 1.89. The van der Waals surface area contributed by atoms with E-state index in [4.69, 9.17) is 10.5 Å². The van der Waals surface area contributed by atoms with Crippen molar-refractivity contribution in [2.75, 3.05) is 7.11 Å². The van der Waals surface area contributed by atoms with Crippen molar-refractivity contribution >= 4 is 5.97 Å². The molecule has 0 saturated heterocycles. The Hall–Kier alpha value is -1.36. The van der Waals surface area contributed by atoms with Crippen LogP contribution in [0.2, 0.25) is 0 Å². The van der Waals surface area contributed by atoms with Crippen LogP contribution in [0.1, 0.15) is 44.0 Å². The highest BCUT2D eigenvalue weighted by atomic mass is 16.5. The van der Waals surface area contributed by atoms with E-state index in [-0.39, 0.29) is 5.97 Å². The molecule has 0 aromatic carbocycles. The molecule has 106 valence electrons. The third-order valence-electron chi connectivity index (χ3n) is 3.86. The van der Waals surface area contributed by atoms with Crippen LogP contribution in [0.15, 0.2) is 6.33 Å². The Kier molecular flexibility index (Phi) is 4.24. The summed E-state index contributed by atoms with van der Waals surface area (Å²) in [5, 5.41) is 0. The molecule has 1 aromatic rings. The molecule has 5 heteroatoms. The maximum atomic E-state index is 11.5. The van der Waals surface area contributed by atoms with Gasteiger partial charge < -0.3 is 15.0 Å². The van der Waals surface area contributed by atoms with E-state index in [2.05, 4.69) is 9.55 Å². The number of nitrogens with two attached hydrogens (primary N) is 1. The lowest BCUT2D eigenvalue weighted by molar-refractivity contribution is -0.146. The highest BCUT2D eigenvalue weighted by Gasteiger charge is 2.28. The van der Waals surface area contributed by atoms with Crippen LogP contribution in [0, 0.1) is 0 Å². The number of methoxy groups -OCH3 is 1. The lowest BCUT2D eigenvalue weighted by Gasteiger charge is -2.21. The van der Waals surface area contributed by atoms with Gasteiger partial charge in [-0.3, -0.25) is 4.79 Å². The number of carbonyl (C=O) groups excluding carboxylic acids is 1. The SMILES string of the molecule is COC(=O)C(C)(N)CCCn1cnc2c1CCCC2. The van der Waals surface area contributed by atoms with Gasteiger partial charge >= 0.3 is 5.97 Å². The van der Waals surface area contributed by atoms with Crippen LogP contribution < -0.4 is 5.73 Å². The molecule has 2 rings (SSSR count). The number of fused-ring (bicyclic) bond motifs is 1. The average Bonchev–Trinajstić information content (AvgIpc) is 2.81. The van der Waals surface area contributed by atoms with E-state index < -0.39 is 5.54 Å². The van der Waals surface area contributed by atoms with Crippen LogP contribution in [-0.4, -0.2) is 28.2 Å². The van der Waals surface area contributed by atoms with Crippen LogP contribution in [0.3, 0.4) is 0 Å². The second-order valence-corrected chi connectivity index (χ2v) is 5.55. The summed E-state index contributed by atoms with van der Waals surface area (Å²) in [7, 11) is 1.37. The van der Waals surface area contributed by atoms with Gasteiger partial charge in [0.15, 0.2) is 0 Å². The summed E-state index contributed by atoms with van der Waals surface area (Å²) >= 11 is 0. The van der Waals surface area contributed by atoms with Crippen molar-refractivity contribution in [3.63, 3.8) is 0 Å². The Morgan fingerprint density at radius 3 is 3.00 bits per heavy atom. The van der Waals surface area contributed by atoms with E-state index in [1.54, 1.807) is 6.92 Å². The van der Waals surface area contributed by atoms with E-state index in [0.29, 0.717) is 6.42 Å². The Morgan fingerprint density at radius 1 is 1.53 bits per heavy atom. The predicted octanol–water partition coefficient (Wildman–Crippen LogP) is 1.43. The van der Waals surface area contributed by atoms with Crippen molar-refractivity contribution in [2.45, 2.75) is 57.5 Å². The summed E-state index contributed by atoms with van der Waals surface area (Å²) < 4.78 is 6.92. The maximum Gasteiger partial charge on any atom is 0.325 e. The number of hydrogen-bond acceptors (Lipinski definition) is 4. The number of nitrogens with zero attached hydrogens (tertiary/aromatic N) is 2. The number of aryl methyl sites for hydroxylation is 2. The minimum atomic E-state index is -0.893. The van der Waals surface area contributed by atoms with Crippen LogP contribution in [0.25, 0.3) is 0 Å². The molecule has 0 amide bonds. The molecule has 1 heterocycles. The summed E-state index contributed by atoms with van der Waals surface area (Å²) in [5.74, 6) is -0.347. The van der Waals surface area contributed by atoms with E-state index in [1.165, 1.54) is 31.3 Å². The average molecular weight is 265 g/mol. The van der Waals surface area contributed by atoms with E-state index >= 15 is 0 Å². The lowest BCUT2D eigenvalue weighted by Crippen LogP contribution is -2.45. The zero-order valence-electron chi connectivity index (χ0n) is 11.8. The van der Waals surface area contributed by atoms with E-state index in [9.17, 15) is 4.79 Å². The minimum absolute atomic E-state index is 0.347. The summed E-state index contributed by atoms with van der Waals surface area (Å²) in [6.45, 7) is 2.59. The highest BCUT2D eigenvalue weighted by molar-refractivity contribution is 5.79. The van der Waals surface area contributed by atoms with Crippen molar-refractivity contribution in [1.82, 2.24) is 9.55 Å². The molecule has 1 atom stereocenters. The lowest BCUT2D eigenvalue weighted by atomic mass is 9.97. The molecule has 1 unspecified atom stereocenters.